The van der Waals surface area contributed by atoms with Crippen molar-refractivity contribution in [1.29, 1.82) is 0 Å². The number of anilines is 1. The van der Waals surface area contributed by atoms with E-state index < -0.39 is 0 Å². The van der Waals surface area contributed by atoms with Crippen LogP contribution < -0.4 is 10.2 Å². The minimum absolute atomic E-state index is 0. The van der Waals surface area contributed by atoms with E-state index >= 15 is 0 Å². The molecule has 0 aromatic carbocycles. The molecule has 103 valence electrons. The second-order valence-corrected chi connectivity index (χ2v) is 3.77. The van der Waals surface area contributed by atoms with Gasteiger partial charge in [-0.05, 0) is 33.2 Å². The van der Waals surface area contributed by atoms with Crippen molar-refractivity contribution in [3.05, 3.63) is 42.7 Å². The summed E-state index contributed by atoms with van der Waals surface area (Å²) in [4.78, 5) is 12.7. The number of nitrogens with one attached hydrogen (secondary N) is 2. The highest BCUT2D eigenvalue weighted by Gasteiger charge is 1.88. The molecular weight excluding hydrogens is 237 g/mol. The van der Waals surface area contributed by atoms with E-state index in [1.54, 1.807) is 24.8 Å². The zero-order chi connectivity index (χ0) is 13.8. The van der Waals surface area contributed by atoms with Crippen LogP contribution in [-0.4, -0.2) is 51.6 Å². The number of pyridine rings is 1. The van der Waals surface area contributed by atoms with Gasteiger partial charge in [0, 0.05) is 53.0 Å². The van der Waals surface area contributed by atoms with E-state index in [9.17, 15) is 0 Å². The summed E-state index contributed by atoms with van der Waals surface area (Å²) in [6, 6.07) is 3.94. The van der Waals surface area contributed by atoms with E-state index in [0.717, 1.165) is 5.82 Å². The fourth-order valence-corrected chi connectivity index (χ4v) is 0.986. The third-order valence-corrected chi connectivity index (χ3v) is 1.81. The molecule has 0 atom stereocenters. The molecule has 2 heterocycles. The third-order valence-electron chi connectivity index (χ3n) is 1.81. The molecule has 0 aliphatic rings. The molecule has 0 aliphatic heterocycles. The quantitative estimate of drug-likeness (QED) is 0.759. The van der Waals surface area contributed by atoms with Crippen molar-refractivity contribution in [3.63, 3.8) is 0 Å². The monoisotopic (exact) mass is 260 g/mol. The molecule has 0 saturated carbocycles. The van der Waals surface area contributed by atoms with Gasteiger partial charge in [0.25, 0.3) is 0 Å². The maximum absolute atomic E-state index is 3.90. The predicted molar refractivity (Wildman–Crippen MR) is 82.6 cm³/mol. The predicted octanol–water partition coefficient (Wildman–Crippen LogP) is 1.32. The average molecular weight is 260 g/mol. The molecular formula is C13H23BN5. The van der Waals surface area contributed by atoms with Gasteiger partial charge in [0.1, 0.15) is 5.82 Å². The summed E-state index contributed by atoms with van der Waals surface area (Å²) >= 11 is 0. The number of aromatic amines is 1. The standard InChI is InChI=1S/C7H10N2.C4H6N2.C2H7N.B/c1-9(2)7-3-5-8-6-4-7;1-4-5-2-3-6-4;1-3-2;/h3-6H,1-2H3;2-3H,1H3,(H,5,6);3H,1-2H3;. The summed E-state index contributed by atoms with van der Waals surface area (Å²) in [7, 11) is 7.77. The van der Waals surface area contributed by atoms with Crippen molar-refractivity contribution in [3.8, 4) is 0 Å². The van der Waals surface area contributed by atoms with Crippen molar-refractivity contribution < 1.29 is 0 Å². The molecule has 5 nitrogen and oxygen atoms in total. The van der Waals surface area contributed by atoms with E-state index in [-0.39, 0.29) is 8.41 Å². The third kappa shape index (κ3) is 11.0. The van der Waals surface area contributed by atoms with Gasteiger partial charge in [-0.15, -0.1) is 0 Å². The Hall–Kier alpha value is -1.82. The fraction of sp³-hybridized carbons (Fsp3) is 0.385. The summed E-state index contributed by atoms with van der Waals surface area (Å²) in [6.07, 6.45) is 7.11. The maximum Gasteiger partial charge on any atom is 0.102 e. The van der Waals surface area contributed by atoms with Crippen LogP contribution in [-0.2, 0) is 0 Å². The Labute approximate surface area is 118 Å². The molecule has 2 aromatic heterocycles. The lowest BCUT2D eigenvalue weighted by Gasteiger charge is -2.10. The summed E-state index contributed by atoms with van der Waals surface area (Å²) in [5.41, 5.74) is 1.19. The molecule has 0 fully saturated rings. The van der Waals surface area contributed by atoms with Crippen LogP contribution in [0.5, 0.6) is 0 Å². The molecule has 0 saturated heterocycles. The van der Waals surface area contributed by atoms with Gasteiger partial charge in [0.2, 0.25) is 0 Å². The van der Waals surface area contributed by atoms with Crippen molar-refractivity contribution >= 4 is 14.1 Å². The van der Waals surface area contributed by atoms with Gasteiger partial charge in [-0.1, -0.05) is 0 Å². The number of H-pyrrole nitrogens is 1. The van der Waals surface area contributed by atoms with Gasteiger partial charge in [-0.25, -0.2) is 4.98 Å². The molecule has 3 radical (unpaired) electrons. The lowest BCUT2D eigenvalue weighted by atomic mass is 10.4. The molecule has 0 spiro atoms. The van der Waals surface area contributed by atoms with Crippen LogP contribution in [0.2, 0.25) is 0 Å². The lowest BCUT2D eigenvalue weighted by Crippen LogP contribution is -2.07. The molecule has 0 bridgehead atoms. The number of nitrogens with zero attached hydrogens (tertiary/aromatic N) is 3. The summed E-state index contributed by atoms with van der Waals surface area (Å²) < 4.78 is 0. The van der Waals surface area contributed by atoms with Crippen LogP contribution in [0.15, 0.2) is 36.9 Å². The Balaban J connectivity index is 0. The van der Waals surface area contributed by atoms with Crippen molar-refractivity contribution in [2.75, 3.05) is 33.1 Å². The highest BCUT2D eigenvalue weighted by atomic mass is 15.1. The molecule has 2 aromatic rings. The van der Waals surface area contributed by atoms with E-state index in [1.807, 2.05) is 52.1 Å². The molecule has 6 heteroatoms. The lowest BCUT2D eigenvalue weighted by molar-refractivity contribution is 1.02. The molecule has 0 unspecified atom stereocenters. The van der Waals surface area contributed by atoms with Gasteiger partial charge in [0.15, 0.2) is 0 Å². The first-order chi connectivity index (χ1) is 8.61. The van der Waals surface area contributed by atoms with Gasteiger partial charge < -0.3 is 15.2 Å². The van der Waals surface area contributed by atoms with Crippen LogP contribution in [0.4, 0.5) is 5.69 Å². The molecule has 0 aliphatic carbocycles. The highest BCUT2D eigenvalue weighted by Crippen LogP contribution is 2.05. The number of aromatic nitrogens is 3. The summed E-state index contributed by atoms with van der Waals surface area (Å²) in [5.74, 6) is 0.968. The second kappa shape index (κ2) is 12.6. The van der Waals surface area contributed by atoms with Crippen molar-refractivity contribution in [2.24, 2.45) is 0 Å². The Bertz CT molecular complexity index is 375. The van der Waals surface area contributed by atoms with Gasteiger partial charge in [-0.3, -0.25) is 4.98 Å². The van der Waals surface area contributed by atoms with Gasteiger partial charge >= 0.3 is 0 Å². The largest absolute Gasteiger partial charge is 0.378 e. The minimum Gasteiger partial charge on any atom is -0.378 e. The number of imidazole rings is 1. The smallest absolute Gasteiger partial charge is 0.102 e. The Morgan fingerprint density at radius 2 is 1.63 bits per heavy atom. The zero-order valence-corrected chi connectivity index (χ0v) is 12.4. The first-order valence-electron chi connectivity index (χ1n) is 5.73. The normalized spacial score (nSPS) is 8.05. The van der Waals surface area contributed by atoms with Crippen molar-refractivity contribution in [2.45, 2.75) is 6.92 Å². The molecule has 0 amide bonds. The number of rotatable bonds is 1. The van der Waals surface area contributed by atoms with E-state index in [1.165, 1.54) is 5.69 Å². The minimum atomic E-state index is 0. The van der Waals surface area contributed by atoms with Crippen LogP contribution in [0.1, 0.15) is 5.82 Å². The first-order valence-corrected chi connectivity index (χ1v) is 5.73. The van der Waals surface area contributed by atoms with E-state index in [0.29, 0.717) is 0 Å². The van der Waals surface area contributed by atoms with Gasteiger partial charge in [0.05, 0.1) is 0 Å². The Kier molecular flexibility index (Phi) is 13.0. The molecule has 2 rings (SSSR count). The summed E-state index contributed by atoms with van der Waals surface area (Å²) in [6.45, 7) is 1.92. The maximum atomic E-state index is 3.90. The van der Waals surface area contributed by atoms with Crippen LogP contribution in [0, 0.1) is 6.92 Å². The number of aryl methyl sites for hydroxylation is 1. The highest BCUT2D eigenvalue weighted by molar-refractivity contribution is 5.75. The van der Waals surface area contributed by atoms with E-state index in [2.05, 4.69) is 20.3 Å². The average Bonchev–Trinajstić information content (AvgIpc) is 2.83. The fourth-order valence-electron chi connectivity index (χ4n) is 0.986. The Morgan fingerprint density at radius 1 is 1.11 bits per heavy atom. The summed E-state index contributed by atoms with van der Waals surface area (Å²) in [5, 5.41) is 2.75. The Morgan fingerprint density at radius 3 is 1.84 bits per heavy atom. The topological polar surface area (TPSA) is 56.8 Å². The van der Waals surface area contributed by atoms with Crippen LogP contribution >= 0.6 is 0 Å². The number of hydrogen-bond acceptors (Lipinski definition) is 4. The first kappa shape index (κ1) is 19.5. The van der Waals surface area contributed by atoms with Crippen molar-refractivity contribution in [1.82, 2.24) is 20.3 Å². The van der Waals surface area contributed by atoms with Crippen LogP contribution in [0.3, 0.4) is 0 Å². The number of hydrogen-bond donors (Lipinski definition) is 2. The zero-order valence-electron chi connectivity index (χ0n) is 12.4. The van der Waals surface area contributed by atoms with Crippen LogP contribution in [0.25, 0.3) is 0 Å². The molecule has 19 heavy (non-hydrogen) atoms. The van der Waals surface area contributed by atoms with Gasteiger partial charge in [-0.2, -0.15) is 0 Å². The second-order valence-electron chi connectivity index (χ2n) is 3.77. The SMILES string of the molecule is CN(C)c1ccncc1.CNC.Cc1ncc[nH]1.[B]. The molecule has 2 N–H and O–H groups in total. The van der Waals surface area contributed by atoms with E-state index in [4.69, 9.17) is 0 Å².